The van der Waals surface area contributed by atoms with Crippen LogP contribution in [0.15, 0.2) is 85.1 Å². The Kier molecular flexibility index (Phi) is 4.88. The monoisotopic (exact) mass is 452 g/mol. The SMILES string of the molecule is O=C1C[C@H](c2cccc(OCc3ccccc3)c2)c2cnn(-c3nc4ccccc4s3)c2N1. The molecular formula is C26H20N4O2S. The van der Waals surface area contributed by atoms with E-state index in [1.807, 2.05) is 85.1 Å². The molecule has 0 radical (unpaired) electrons. The topological polar surface area (TPSA) is 69.0 Å². The largest absolute Gasteiger partial charge is 0.489 e. The van der Waals surface area contributed by atoms with Crippen LogP contribution in [0.5, 0.6) is 5.75 Å². The van der Waals surface area contributed by atoms with Gasteiger partial charge in [0.25, 0.3) is 0 Å². The summed E-state index contributed by atoms with van der Waals surface area (Å²) in [5, 5.41) is 8.33. The zero-order valence-electron chi connectivity index (χ0n) is 17.6. The standard InChI is InChI=1S/C26H20N4O2S/c31-24-14-20(18-9-6-10-19(13-18)32-16-17-7-2-1-3-8-17)21-15-27-30(25(21)29-24)26-28-22-11-4-5-12-23(22)33-26/h1-13,15,20H,14,16H2,(H,29,31)/t20-/m1/s1. The molecule has 0 bridgehead atoms. The van der Waals surface area contributed by atoms with Crippen LogP contribution in [-0.4, -0.2) is 20.7 Å². The number of carbonyl (C=O) groups is 1. The van der Waals surface area contributed by atoms with Crippen molar-refractivity contribution in [3.05, 3.63) is 102 Å². The van der Waals surface area contributed by atoms with Crippen LogP contribution in [-0.2, 0) is 11.4 Å². The molecule has 0 saturated heterocycles. The number of carbonyl (C=O) groups excluding carboxylic acids is 1. The maximum absolute atomic E-state index is 12.7. The van der Waals surface area contributed by atoms with Crippen LogP contribution >= 0.6 is 11.3 Å². The first-order valence-electron chi connectivity index (χ1n) is 10.7. The summed E-state index contributed by atoms with van der Waals surface area (Å²) < 4.78 is 8.83. The maximum atomic E-state index is 12.7. The van der Waals surface area contributed by atoms with Crippen LogP contribution in [0.3, 0.4) is 0 Å². The molecule has 5 aromatic rings. The number of thiazole rings is 1. The highest BCUT2D eigenvalue weighted by Crippen LogP contribution is 2.39. The Morgan fingerprint density at radius 1 is 1.03 bits per heavy atom. The molecule has 2 aromatic heterocycles. The van der Waals surface area contributed by atoms with Crippen molar-refractivity contribution in [3.63, 3.8) is 0 Å². The molecule has 1 aliphatic heterocycles. The van der Waals surface area contributed by atoms with Gasteiger partial charge in [-0.2, -0.15) is 9.78 Å². The molecule has 162 valence electrons. The number of fused-ring (bicyclic) bond motifs is 2. The highest BCUT2D eigenvalue weighted by molar-refractivity contribution is 7.20. The van der Waals surface area contributed by atoms with Crippen molar-refractivity contribution in [1.29, 1.82) is 0 Å². The number of nitrogens with one attached hydrogen (secondary N) is 1. The number of amides is 1. The first-order chi connectivity index (χ1) is 16.2. The number of ether oxygens (including phenoxy) is 1. The van der Waals surface area contributed by atoms with Crippen LogP contribution in [0.25, 0.3) is 15.3 Å². The molecule has 0 fully saturated rings. The Hall–Kier alpha value is -3.97. The van der Waals surface area contributed by atoms with Gasteiger partial charge >= 0.3 is 0 Å². The lowest BCUT2D eigenvalue weighted by Crippen LogP contribution is -2.24. The fraction of sp³-hybridized carbons (Fsp3) is 0.115. The third kappa shape index (κ3) is 3.76. The summed E-state index contributed by atoms with van der Waals surface area (Å²) in [7, 11) is 0. The molecular weight excluding hydrogens is 432 g/mol. The Morgan fingerprint density at radius 3 is 2.76 bits per heavy atom. The minimum Gasteiger partial charge on any atom is -0.489 e. The molecule has 0 spiro atoms. The van der Waals surface area contributed by atoms with Crippen LogP contribution in [0.4, 0.5) is 5.82 Å². The molecule has 6 nitrogen and oxygen atoms in total. The first-order valence-corrected chi connectivity index (χ1v) is 11.6. The number of nitrogens with zero attached hydrogens (tertiary/aromatic N) is 3. The number of benzene rings is 3. The molecule has 6 rings (SSSR count). The Labute approximate surface area is 194 Å². The molecule has 3 heterocycles. The molecule has 1 atom stereocenters. The summed E-state index contributed by atoms with van der Waals surface area (Å²) >= 11 is 1.55. The third-order valence-electron chi connectivity index (χ3n) is 5.79. The van der Waals surface area contributed by atoms with Crippen molar-refractivity contribution in [2.24, 2.45) is 0 Å². The highest BCUT2D eigenvalue weighted by atomic mass is 32.1. The predicted octanol–water partition coefficient (Wildman–Crippen LogP) is 5.54. The quantitative estimate of drug-likeness (QED) is 0.380. The van der Waals surface area contributed by atoms with Gasteiger partial charge < -0.3 is 10.1 Å². The molecule has 0 saturated carbocycles. The number of rotatable bonds is 5. The minimum absolute atomic E-state index is 0.0361. The van der Waals surface area contributed by atoms with E-state index in [-0.39, 0.29) is 11.8 Å². The van der Waals surface area contributed by atoms with E-state index in [1.165, 1.54) is 0 Å². The summed E-state index contributed by atoms with van der Waals surface area (Å²) in [6.45, 7) is 0.496. The molecule has 33 heavy (non-hydrogen) atoms. The number of hydrogen-bond acceptors (Lipinski definition) is 5. The zero-order chi connectivity index (χ0) is 22.2. The summed E-state index contributed by atoms with van der Waals surface area (Å²) in [4.78, 5) is 17.4. The van der Waals surface area contributed by atoms with E-state index in [1.54, 1.807) is 16.0 Å². The van der Waals surface area contributed by atoms with Gasteiger partial charge in [0.15, 0.2) is 0 Å². The van der Waals surface area contributed by atoms with Crippen molar-refractivity contribution < 1.29 is 9.53 Å². The summed E-state index contributed by atoms with van der Waals surface area (Å²) in [6, 6.07) is 26.0. The van der Waals surface area contributed by atoms with Gasteiger partial charge in [-0.15, -0.1) is 0 Å². The Bertz CT molecular complexity index is 1420. The average Bonchev–Trinajstić information content (AvgIpc) is 3.47. The van der Waals surface area contributed by atoms with Crippen molar-refractivity contribution in [1.82, 2.24) is 14.8 Å². The maximum Gasteiger partial charge on any atom is 0.226 e. The molecule has 1 aliphatic rings. The lowest BCUT2D eigenvalue weighted by atomic mass is 9.87. The van der Waals surface area contributed by atoms with Crippen LogP contribution in [0.1, 0.15) is 29.0 Å². The first kappa shape index (κ1) is 19.7. The highest BCUT2D eigenvalue weighted by Gasteiger charge is 2.31. The van der Waals surface area contributed by atoms with E-state index in [4.69, 9.17) is 9.72 Å². The predicted molar refractivity (Wildman–Crippen MR) is 129 cm³/mol. The number of hydrogen-bond donors (Lipinski definition) is 1. The minimum atomic E-state index is -0.0999. The molecule has 7 heteroatoms. The summed E-state index contributed by atoms with van der Waals surface area (Å²) in [5.41, 5.74) is 4.04. The van der Waals surface area contributed by atoms with Gasteiger partial charge in [-0.05, 0) is 35.4 Å². The fourth-order valence-corrected chi connectivity index (χ4v) is 5.11. The Morgan fingerprint density at radius 2 is 1.88 bits per heavy atom. The van der Waals surface area contributed by atoms with Crippen LogP contribution < -0.4 is 10.1 Å². The smallest absolute Gasteiger partial charge is 0.226 e. The van der Waals surface area contributed by atoms with E-state index in [2.05, 4.69) is 10.4 Å². The van der Waals surface area contributed by atoms with E-state index in [0.717, 1.165) is 37.8 Å². The molecule has 0 aliphatic carbocycles. The second-order valence-corrected chi connectivity index (χ2v) is 8.99. The third-order valence-corrected chi connectivity index (χ3v) is 6.80. The van der Waals surface area contributed by atoms with Gasteiger partial charge in [0.2, 0.25) is 11.0 Å². The molecule has 1 amide bonds. The number of para-hydroxylation sites is 1. The van der Waals surface area contributed by atoms with Crippen molar-refractivity contribution in [2.75, 3.05) is 5.32 Å². The zero-order valence-corrected chi connectivity index (χ0v) is 18.5. The van der Waals surface area contributed by atoms with Crippen molar-refractivity contribution in [2.45, 2.75) is 18.9 Å². The normalized spacial score (nSPS) is 15.3. The molecule has 3 aromatic carbocycles. The average molecular weight is 453 g/mol. The molecule has 0 unspecified atom stereocenters. The van der Waals surface area contributed by atoms with Crippen molar-refractivity contribution >= 4 is 33.3 Å². The van der Waals surface area contributed by atoms with Gasteiger partial charge in [0, 0.05) is 17.9 Å². The van der Waals surface area contributed by atoms with Gasteiger partial charge in [0.1, 0.15) is 18.2 Å². The number of anilines is 1. The van der Waals surface area contributed by atoms with Gasteiger partial charge in [-0.1, -0.05) is 65.9 Å². The lowest BCUT2D eigenvalue weighted by Gasteiger charge is -2.23. The van der Waals surface area contributed by atoms with Gasteiger partial charge in [-0.25, -0.2) is 4.98 Å². The molecule has 1 N–H and O–H groups in total. The van der Waals surface area contributed by atoms with Crippen LogP contribution in [0, 0.1) is 0 Å². The second kappa shape index (κ2) is 8.18. The van der Waals surface area contributed by atoms with E-state index in [0.29, 0.717) is 18.8 Å². The Balaban J connectivity index is 1.32. The number of aromatic nitrogens is 3. The van der Waals surface area contributed by atoms with Crippen LogP contribution in [0.2, 0.25) is 0 Å². The van der Waals surface area contributed by atoms with E-state index in [9.17, 15) is 4.79 Å². The van der Waals surface area contributed by atoms with E-state index >= 15 is 0 Å². The van der Waals surface area contributed by atoms with E-state index < -0.39 is 0 Å². The van der Waals surface area contributed by atoms with Gasteiger partial charge in [0.05, 0.1) is 16.4 Å². The summed E-state index contributed by atoms with van der Waals surface area (Å²) in [6.07, 6.45) is 2.20. The van der Waals surface area contributed by atoms with Gasteiger partial charge in [-0.3, -0.25) is 4.79 Å². The summed E-state index contributed by atoms with van der Waals surface area (Å²) in [5.74, 6) is 1.33. The fourth-order valence-electron chi connectivity index (χ4n) is 4.17. The lowest BCUT2D eigenvalue weighted by molar-refractivity contribution is -0.116. The van der Waals surface area contributed by atoms with Crippen molar-refractivity contribution in [3.8, 4) is 10.9 Å². The second-order valence-electron chi connectivity index (χ2n) is 7.98.